The first-order valence-electron chi connectivity index (χ1n) is 5.46. The van der Waals surface area contributed by atoms with Crippen LogP contribution in [0.25, 0.3) is 0 Å². The SMILES string of the molecule is CCCC(CC)Nc1cccnc1C. The van der Waals surface area contributed by atoms with Gasteiger partial charge in [0.25, 0.3) is 0 Å². The number of pyridine rings is 1. The summed E-state index contributed by atoms with van der Waals surface area (Å²) in [5.41, 5.74) is 2.26. The highest BCUT2D eigenvalue weighted by Gasteiger charge is 2.05. The number of nitrogens with one attached hydrogen (secondary N) is 1. The Balaban J connectivity index is 2.62. The van der Waals surface area contributed by atoms with Gasteiger partial charge in [0.1, 0.15) is 0 Å². The van der Waals surface area contributed by atoms with Gasteiger partial charge in [-0.05, 0) is 31.9 Å². The van der Waals surface area contributed by atoms with Crippen molar-refractivity contribution in [1.29, 1.82) is 0 Å². The minimum Gasteiger partial charge on any atom is -0.381 e. The van der Waals surface area contributed by atoms with Crippen LogP contribution in [0.4, 0.5) is 5.69 Å². The molecule has 0 aromatic carbocycles. The van der Waals surface area contributed by atoms with Crippen LogP contribution in [0.5, 0.6) is 0 Å². The Kier molecular flexibility index (Phi) is 4.44. The number of hydrogen-bond acceptors (Lipinski definition) is 2. The van der Waals surface area contributed by atoms with Crippen molar-refractivity contribution in [2.75, 3.05) is 5.32 Å². The van der Waals surface area contributed by atoms with Gasteiger partial charge in [-0.25, -0.2) is 0 Å². The molecule has 1 unspecified atom stereocenters. The zero-order valence-electron chi connectivity index (χ0n) is 9.38. The molecule has 0 spiro atoms. The van der Waals surface area contributed by atoms with E-state index in [2.05, 4.69) is 30.2 Å². The lowest BCUT2D eigenvalue weighted by molar-refractivity contribution is 0.622. The summed E-state index contributed by atoms with van der Waals surface area (Å²) in [5.74, 6) is 0. The molecule has 0 aliphatic carbocycles. The van der Waals surface area contributed by atoms with Crippen molar-refractivity contribution in [3.8, 4) is 0 Å². The summed E-state index contributed by atoms with van der Waals surface area (Å²) in [7, 11) is 0. The van der Waals surface area contributed by atoms with Crippen LogP contribution in [0.1, 0.15) is 38.8 Å². The monoisotopic (exact) mass is 192 g/mol. The fourth-order valence-corrected chi connectivity index (χ4v) is 1.58. The first-order chi connectivity index (χ1) is 6.77. The van der Waals surface area contributed by atoms with Crippen LogP contribution in [0, 0.1) is 6.92 Å². The molecule has 1 atom stereocenters. The van der Waals surface area contributed by atoms with Crippen LogP contribution < -0.4 is 5.32 Å². The van der Waals surface area contributed by atoms with Crippen LogP contribution in [0.3, 0.4) is 0 Å². The van der Waals surface area contributed by atoms with Crippen LogP contribution in [0.2, 0.25) is 0 Å². The molecule has 14 heavy (non-hydrogen) atoms. The lowest BCUT2D eigenvalue weighted by Crippen LogP contribution is -2.18. The molecule has 0 fully saturated rings. The van der Waals surface area contributed by atoms with E-state index < -0.39 is 0 Å². The van der Waals surface area contributed by atoms with Crippen LogP contribution in [-0.4, -0.2) is 11.0 Å². The molecule has 2 nitrogen and oxygen atoms in total. The molecule has 0 aliphatic heterocycles. The average molecular weight is 192 g/mol. The standard InChI is InChI=1S/C12H20N2/c1-4-7-11(5-2)14-12-8-6-9-13-10(12)3/h6,8-9,11,14H,4-5,7H2,1-3H3. The predicted octanol–water partition coefficient (Wildman–Crippen LogP) is 3.38. The van der Waals surface area contributed by atoms with Gasteiger partial charge in [-0.15, -0.1) is 0 Å². The number of aromatic nitrogens is 1. The van der Waals surface area contributed by atoms with Gasteiger partial charge in [-0.2, -0.15) is 0 Å². The van der Waals surface area contributed by atoms with Crippen LogP contribution in [-0.2, 0) is 0 Å². The summed E-state index contributed by atoms with van der Waals surface area (Å²) in [4.78, 5) is 4.26. The smallest absolute Gasteiger partial charge is 0.0603 e. The van der Waals surface area contributed by atoms with Crippen LogP contribution in [0.15, 0.2) is 18.3 Å². The number of hydrogen-bond donors (Lipinski definition) is 1. The highest BCUT2D eigenvalue weighted by atomic mass is 14.9. The molecule has 0 amide bonds. The summed E-state index contributed by atoms with van der Waals surface area (Å²) in [6.45, 7) is 6.49. The molecule has 1 heterocycles. The Morgan fingerprint density at radius 3 is 2.79 bits per heavy atom. The van der Waals surface area contributed by atoms with Gasteiger partial charge >= 0.3 is 0 Å². The van der Waals surface area contributed by atoms with Crippen molar-refractivity contribution in [3.63, 3.8) is 0 Å². The highest BCUT2D eigenvalue weighted by molar-refractivity contribution is 5.47. The summed E-state index contributed by atoms with van der Waals surface area (Å²) < 4.78 is 0. The van der Waals surface area contributed by atoms with E-state index in [0.717, 1.165) is 5.69 Å². The summed E-state index contributed by atoms with van der Waals surface area (Å²) >= 11 is 0. The Morgan fingerprint density at radius 2 is 2.21 bits per heavy atom. The molecule has 1 rings (SSSR count). The fourth-order valence-electron chi connectivity index (χ4n) is 1.58. The van der Waals surface area contributed by atoms with Crippen molar-refractivity contribution in [2.45, 2.75) is 46.1 Å². The van der Waals surface area contributed by atoms with Crippen molar-refractivity contribution in [1.82, 2.24) is 4.98 Å². The Labute approximate surface area is 86.8 Å². The third kappa shape index (κ3) is 3.02. The molecule has 0 radical (unpaired) electrons. The van der Waals surface area contributed by atoms with Gasteiger partial charge in [0.2, 0.25) is 0 Å². The Morgan fingerprint density at radius 1 is 1.43 bits per heavy atom. The van der Waals surface area contributed by atoms with Crippen molar-refractivity contribution in [3.05, 3.63) is 24.0 Å². The second kappa shape index (κ2) is 5.63. The number of anilines is 1. The maximum Gasteiger partial charge on any atom is 0.0603 e. The van der Waals surface area contributed by atoms with Gasteiger partial charge in [-0.1, -0.05) is 20.3 Å². The van der Waals surface area contributed by atoms with Gasteiger partial charge in [0.15, 0.2) is 0 Å². The lowest BCUT2D eigenvalue weighted by Gasteiger charge is -2.18. The quantitative estimate of drug-likeness (QED) is 0.773. The maximum atomic E-state index is 4.26. The molecule has 0 saturated heterocycles. The molecule has 78 valence electrons. The van der Waals surface area contributed by atoms with E-state index in [1.54, 1.807) is 0 Å². The highest BCUT2D eigenvalue weighted by Crippen LogP contribution is 2.15. The topological polar surface area (TPSA) is 24.9 Å². The third-order valence-corrected chi connectivity index (χ3v) is 2.50. The van der Waals surface area contributed by atoms with Gasteiger partial charge in [0, 0.05) is 12.2 Å². The number of rotatable bonds is 5. The summed E-state index contributed by atoms with van der Waals surface area (Å²) in [6, 6.07) is 4.66. The zero-order chi connectivity index (χ0) is 10.4. The molecule has 1 aromatic rings. The van der Waals surface area contributed by atoms with Crippen LogP contribution >= 0.6 is 0 Å². The van der Waals surface area contributed by atoms with Crippen molar-refractivity contribution in [2.24, 2.45) is 0 Å². The van der Waals surface area contributed by atoms with Crippen molar-refractivity contribution >= 4 is 5.69 Å². The molecular weight excluding hydrogens is 172 g/mol. The zero-order valence-corrected chi connectivity index (χ0v) is 9.38. The average Bonchev–Trinajstić information content (AvgIpc) is 2.20. The molecule has 0 bridgehead atoms. The van der Waals surface area contributed by atoms with E-state index in [-0.39, 0.29) is 0 Å². The van der Waals surface area contributed by atoms with E-state index >= 15 is 0 Å². The first kappa shape index (κ1) is 11.0. The molecule has 1 N–H and O–H groups in total. The third-order valence-electron chi connectivity index (χ3n) is 2.50. The van der Waals surface area contributed by atoms with Gasteiger partial charge in [-0.3, -0.25) is 4.98 Å². The van der Waals surface area contributed by atoms with E-state index in [9.17, 15) is 0 Å². The summed E-state index contributed by atoms with van der Waals surface area (Å²) in [5, 5.41) is 3.54. The van der Waals surface area contributed by atoms with E-state index in [0.29, 0.717) is 6.04 Å². The lowest BCUT2D eigenvalue weighted by atomic mass is 10.1. The Bertz CT molecular complexity index is 271. The molecule has 2 heteroatoms. The van der Waals surface area contributed by atoms with E-state index in [1.807, 2.05) is 19.2 Å². The Hall–Kier alpha value is -1.05. The molecule has 0 saturated carbocycles. The first-order valence-corrected chi connectivity index (χ1v) is 5.46. The van der Waals surface area contributed by atoms with Gasteiger partial charge < -0.3 is 5.32 Å². The second-order valence-electron chi connectivity index (χ2n) is 3.67. The van der Waals surface area contributed by atoms with Gasteiger partial charge in [0.05, 0.1) is 11.4 Å². The predicted molar refractivity (Wildman–Crippen MR) is 61.6 cm³/mol. The number of aryl methyl sites for hydroxylation is 1. The minimum absolute atomic E-state index is 0.586. The number of nitrogens with zero attached hydrogens (tertiary/aromatic N) is 1. The summed E-state index contributed by atoms with van der Waals surface area (Å²) in [6.07, 6.45) is 5.46. The molecule has 0 aliphatic rings. The molecular formula is C12H20N2. The van der Waals surface area contributed by atoms with E-state index in [1.165, 1.54) is 24.9 Å². The van der Waals surface area contributed by atoms with E-state index in [4.69, 9.17) is 0 Å². The second-order valence-corrected chi connectivity index (χ2v) is 3.67. The minimum atomic E-state index is 0.586. The molecule has 1 aromatic heterocycles. The van der Waals surface area contributed by atoms with Crippen molar-refractivity contribution < 1.29 is 0 Å². The maximum absolute atomic E-state index is 4.26. The normalized spacial score (nSPS) is 12.5. The fraction of sp³-hybridized carbons (Fsp3) is 0.583. The largest absolute Gasteiger partial charge is 0.381 e.